The van der Waals surface area contributed by atoms with Gasteiger partial charge in [0, 0.05) is 36.5 Å². The van der Waals surface area contributed by atoms with Gasteiger partial charge in [0.15, 0.2) is 11.6 Å². The van der Waals surface area contributed by atoms with Crippen LogP contribution in [0.3, 0.4) is 0 Å². The van der Waals surface area contributed by atoms with Crippen LogP contribution in [0.15, 0.2) is 73.4 Å². The Bertz CT molecular complexity index is 729. The van der Waals surface area contributed by atoms with E-state index in [9.17, 15) is 0 Å². The largest absolute Gasteiger partial charge is 0.361 e. The van der Waals surface area contributed by atoms with Gasteiger partial charge in [0.25, 0.3) is 0 Å². The summed E-state index contributed by atoms with van der Waals surface area (Å²) in [6, 6.07) is 13.8. The lowest BCUT2D eigenvalue weighted by Gasteiger charge is -1.93. The molecule has 5 nitrogen and oxygen atoms in total. The van der Waals surface area contributed by atoms with E-state index in [0.29, 0.717) is 11.6 Å². The van der Waals surface area contributed by atoms with Gasteiger partial charge in [-0.1, -0.05) is 18.2 Å². The van der Waals surface area contributed by atoms with Gasteiger partial charge in [-0.25, -0.2) is 19.9 Å². The fraction of sp³-hybridized carbons (Fsp3) is 0. The van der Waals surface area contributed by atoms with Gasteiger partial charge in [0.05, 0.1) is 0 Å². The second-order valence-corrected chi connectivity index (χ2v) is 4.21. The molecule has 0 spiro atoms. The summed E-state index contributed by atoms with van der Waals surface area (Å²) in [5.74, 6) is 1.11. The summed E-state index contributed by atoms with van der Waals surface area (Å²) in [5.41, 5.74) is 1.21. The van der Waals surface area contributed by atoms with Gasteiger partial charge in [0.2, 0.25) is 0 Å². The van der Waals surface area contributed by atoms with Crippen molar-refractivity contribution < 1.29 is 0 Å². The first-order chi connectivity index (χ1) is 10.4. The third-order valence-electron chi connectivity index (χ3n) is 2.79. The lowest BCUT2D eigenvalue weighted by Crippen LogP contribution is -1.91. The second-order valence-electron chi connectivity index (χ2n) is 4.21. The normalized spacial score (nSPS) is 9.90. The van der Waals surface area contributed by atoms with Crippen LogP contribution in [0.1, 0.15) is 0 Å². The molecular formula is C16H13N5. The molecule has 0 fully saturated rings. The average Bonchev–Trinajstić information content (AvgIpc) is 3.06. The summed E-state index contributed by atoms with van der Waals surface area (Å²) in [6.07, 6.45) is 8.61. The van der Waals surface area contributed by atoms with E-state index < -0.39 is 0 Å². The fourth-order valence-corrected chi connectivity index (χ4v) is 1.82. The van der Waals surface area contributed by atoms with E-state index in [1.54, 1.807) is 36.9 Å². The van der Waals surface area contributed by atoms with Crippen molar-refractivity contribution in [2.75, 3.05) is 0 Å². The van der Waals surface area contributed by atoms with Gasteiger partial charge < -0.3 is 4.98 Å². The number of hydrogen-bond acceptors (Lipinski definition) is 4. The van der Waals surface area contributed by atoms with Crippen LogP contribution < -0.4 is 0 Å². The van der Waals surface area contributed by atoms with Gasteiger partial charge in [-0.05, 0) is 29.7 Å². The molecule has 0 atom stereocenters. The van der Waals surface area contributed by atoms with E-state index in [1.807, 2.05) is 18.3 Å². The van der Waals surface area contributed by atoms with E-state index in [-0.39, 0.29) is 0 Å². The number of aromatic nitrogens is 5. The molecule has 0 unspecified atom stereocenters. The number of nitrogens with zero attached hydrogens (tertiary/aromatic N) is 4. The maximum Gasteiger partial charge on any atom is 0.197 e. The van der Waals surface area contributed by atoms with Crippen LogP contribution >= 0.6 is 0 Å². The molecule has 4 rings (SSSR count). The smallest absolute Gasteiger partial charge is 0.197 e. The Kier molecular flexibility index (Phi) is 3.93. The second kappa shape index (κ2) is 6.38. The lowest BCUT2D eigenvalue weighted by atomic mass is 10.3. The van der Waals surface area contributed by atoms with Crippen LogP contribution in [0.2, 0.25) is 0 Å². The molecule has 0 bridgehead atoms. The Morgan fingerprint density at radius 1 is 0.619 bits per heavy atom. The predicted octanol–water partition coefficient (Wildman–Crippen LogP) is 3.10. The van der Waals surface area contributed by atoms with Gasteiger partial charge in [0.1, 0.15) is 0 Å². The first kappa shape index (κ1) is 12.9. The van der Waals surface area contributed by atoms with Crippen molar-refractivity contribution in [3.8, 4) is 11.6 Å². The van der Waals surface area contributed by atoms with E-state index in [4.69, 9.17) is 0 Å². The zero-order chi connectivity index (χ0) is 14.3. The number of fused-ring (bicyclic) bond motifs is 1. The van der Waals surface area contributed by atoms with Crippen molar-refractivity contribution in [1.29, 1.82) is 0 Å². The summed E-state index contributed by atoms with van der Waals surface area (Å²) in [5, 5.41) is 1.28. The lowest BCUT2D eigenvalue weighted by molar-refractivity contribution is 1.08. The minimum Gasteiger partial charge on any atom is -0.361 e. The zero-order valence-corrected chi connectivity index (χ0v) is 11.2. The molecule has 4 aromatic rings. The molecule has 3 aromatic heterocycles. The molecule has 0 amide bonds. The van der Waals surface area contributed by atoms with E-state index in [0.717, 1.165) is 0 Å². The minimum absolute atomic E-state index is 0.554. The molecule has 0 saturated heterocycles. The number of hydrogen-bond donors (Lipinski definition) is 1. The topological polar surface area (TPSA) is 67.3 Å². The molecule has 1 aromatic carbocycles. The molecule has 1 N–H and O–H groups in total. The van der Waals surface area contributed by atoms with Crippen molar-refractivity contribution in [2.45, 2.75) is 0 Å². The number of para-hydroxylation sites is 1. The van der Waals surface area contributed by atoms with Crippen LogP contribution in [0.25, 0.3) is 22.6 Å². The average molecular weight is 275 g/mol. The maximum atomic E-state index is 4.01. The van der Waals surface area contributed by atoms with Crippen molar-refractivity contribution in [1.82, 2.24) is 24.9 Å². The highest BCUT2D eigenvalue weighted by Crippen LogP contribution is 2.09. The summed E-state index contributed by atoms with van der Waals surface area (Å²) in [6.45, 7) is 0. The summed E-state index contributed by atoms with van der Waals surface area (Å²) in [7, 11) is 0. The molecule has 0 aliphatic rings. The first-order valence-corrected chi connectivity index (χ1v) is 6.50. The van der Waals surface area contributed by atoms with Crippen LogP contribution in [0.4, 0.5) is 0 Å². The highest BCUT2D eigenvalue weighted by Gasteiger charge is 1.99. The molecule has 0 saturated carbocycles. The third-order valence-corrected chi connectivity index (χ3v) is 2.79. The van der Waals surface area contributed by atoms with Crippen molar-refractivity contribution in [3.05, 3.63) is 73.4 Å². The predicted molar refractivity (Wildman–Crippen MR) is 81.4 cm³/mol. The van der Waals surface area contributed by atoms with Crippen LogP contribution in [0.5, 0.6) is 0 Å². The number of benzene rings is 1. The van der Waals surface area contributed by atoms with E-state index in [1.165, 1.54) is 10.9 Å². The van der Waals surface area contributed by atoms with Crippen LogP contribution in [-0.4, -0.2) is 24.9 Å². The van der Waals surface area contributed by atoms with Gasteiger partial charge in [-0.15, -0.1) is 0 Å². The Morgan fingerprint density at radius 3 is 1.76 bits per heavy atom. The molecule has 0 radical (unpaired) electrons. The van der Waals surface area contributed by atoms with Gasteiger partial charge >= 0.3 is 0 Å². The van der Waals surface area contributed by atoms with Gasteiger partial charge in [-0.2, -0.15) is 0 Å². The number of H-pyrrole nitrogens is 1. The van der Waals surface area contributed by atoms with Crippen LogP contribution in [-0.2, 0) is 0 Å². The highest BCUT2D eigenvalue weighted by atomic mass is 15.0. The molecule has 102 valence electrons. The summed E-state index contributed by atoms with van der Waals surface area (Å²) < 4.78 is 0. The third kappa shape index (κ3) is 3.27. The zero-order valence-electron chi connectivity index (χ0n) is 11.2. The van der Waals surface area contributed by atoms with Crippen molar-refractivity contribution in [2.24, 2.45) is 0 Å². The van der Waals surface area contributed by atoms with Crippen LogP contribution in [0, 0.1) is 0 Å². The van der Waals surface area contributed by atoms with Crippen molar-refractivity contribution in [3.63, 3.8) is 0 Å². The van der Waals surface area contributed by atoms with E-state index in [2.05, 4.69) is 43.1 Å². The van der Waals surface area contributed by atoms with E-state index >= 15 is 0 Å². The molecule has 0 aliphatic heterocycles. The molecule has 3 heterocycles. The maximum absolute atomic E-state index is 4.01. The Balaban J connectivity index is 0.000000131. The first-order valence-electron chi connectivity index (χ1n) is 6.50. The fourth-order valence-electron chi connectivity index (χ4n) is 1.82. The quantitative estimate of drug-likeness (QED) is 0.579. The Hall–Kier alpha value is -3.08. The molecule has 21 heavy (non-hydrogen) atoms. The highest BCUT2D eigenvalue weighted by molar-refractivity contribution is 5.78. The summed E-state index contributed by atoms with van der Waals surface area (Å²) in [4.78, 5) is 19.2. The molecule has 0 aliphatic carbocycles. The summed E-state index contributed by atoms with van der Waals surface area (Å²) >= 11 is 0. The SMILES string of the molecule is c1ccc2[nH]ccc2c1.c1cnc(-c2ncccn2)nc1. The number of rotatable bonds is 1. The number of nitrogens with one attached hydrogen (secondary N) is 1. The minimum atomic E-state index is 0.554. The van der Waals surface area contributed by atoms with Crippen molar-refractivity contribution >= 4 is 10.9 Å². The number of aromatic amines is 1. The standard InChI is InChI=1S/C8H6N4.C8H7N/c1-3-9-7(10-4-1)8-11-5-2-6-12-8;1-2-4-8-7(3-1)5-6-9-8/h1-6H;1-6,9H. The van der Waals surface area contributed by atoms with Gasteiger partial charge in [-0.3, -0.25) is 0 Å². The monoisotopic (exact) mass is 275 g/mol. The molecule has 5 heteroatoms. The Labute approximate surface area is 121 Å². The molecular weight excluding hydrogens is 262 g/mol. The Morgan fingerprint density at radius 2 is 1.19 bits per heavy atom.